The number of ether oxygens (including phenoxy) is 1. The van der Waals surface area contributed by atoms with Gasteiger partial charge in [0, 0.05) is 17.1 Å². The van der Waals surface area contributed by atoms with Crippen LogP contribution in [-0.2, 0) is 11.3 Å². The molecule has 0 saturated heterocycles. The summed E-state index contributed by atoms with van der Waals surface area (Å²) in [6.45, 7) is 4.59. The van der Waals surface area contributed by atoms with Crippen molar-refractivity contribution >= 4 is 51.3 Å². The highest BCUT2D eigenvalue weighted by Crippen LogP contribution is 2.29. The Bertz CT molecular complexity index is 1080. The summed E-state index contributed by atoms with van der Waals surface area (Å²) in [5, 5.41) is 5.83. The second-order valence-electron chi connectivity index (χ2n) is 6.35. The van der Waals surface area contributed by atoms with E-state index in [1.54, 1.807) is 29.7 Å². The highest BCUT2D eigenvalue weighted by molar-refractivity contribution is 8.18. The van der Waals surface area contributed by atoms with Crippen LogP contribution in [0.15, 0.2) is 51.8 Å². The van der Waals surface area contributed by atoms with Crippen LogP contribution in [0.1, 0.15) is 24.4 Å². The first kappa shape index (κ1) is 18.6. The van der Waals surface area contributed by atoms with E-state index >= 15 is 0 Å². The Labute approximate surface area is 170 Å². The molecule has 0 aromatic carbocycles. The second kappa shape index (κ2) is 8.12. The van der Waals surface area contributed by atoms with E-state index in [9.17, 15) is 4.79 Å². The zero-order valence-electron chi connectivity index (χ0n) is 15.4. The van der Waals surface area contributed by atoms with E-state index in [-0.39, 0.29) is 12.0 Å². The predicted molar refractivity (Wildman–Crippen MR) is 114 cm³/mol. The first-order valence-electron chi connectivity index (χ1n) is 8.80. The smallest absolute Gasteiger partial charge is 0.286 e. The molecule has 8 heteroatoms. The van der Waals surface area contributed by atoms with E-state index in [2.05, 4.69) is 20.3 Å². The van der Waals surface area contributed by atoms with Crippen molar-refractivity contribution in [3.8, 4) is 5.75 Å². The molecule has 0 saturated carbocycles. The molecule has 0 radical (unpaired) electrons. The Morgan fingerprint density at radius 3 is 2.93 bits per heavy atom. The summed E-state index contributed by atoms with van der Waals surface area (Å²) in [6.07, 6.45) is 3.49. The number of amidine groups is 1. The van der Waals surface area contributed by atoms with E-state index in [0.717, 1.165) is 5.52 Å². The summed E-state index contributed by atoms with van der Waals surface area (Å²) < 4.78 is 5.83. The largest absolute Gasteiger partial charge is 0.489 e. The van der Waals surface area contributed by atoms with Crippen LogP contribution in [0.5, 0.6) is 5.75 Å². The van der Waals surface area contributed by atoms with Crippen LogP contribution >= 0.6 is 23.1 Å². The maximum atomic E-state index is 12.2. The average molecular weight is 411 g/mol. The van der Waals surface area contributed by atoms with Crippen molar-refractivity contribution in [2.24, 2.45) is 4.99 Å². The number of rotatable bonds is 5. The number of nitrogens with zero attached hydrogens (tertiary/aromatic N) is 3. The average Bonchev–Trinajstić information content (AvgIpc) is 3.30. The molecule has 1 amide bonds. The zero-order chi connectivity index (χ0) is 19.5. The molecule has 6 nitrogen and oxygen atoms in total. The predicted octanol–water partition coefficient (Wildman–Crippen LogP) is 4.24. The van der Waals surface area contributed by atoms with Crippen LogP contribution in [0, 0.1) is 0 Å². The van der Waals surface area contributed by atoms with Crippen LogP contribution in [-0.4, -0.2) is 27.1 Å². The number of aliphatic imine (C=N–C) groups is 1. The number of carbonyl (C=O) groups is 1. The van der Waals surface area contributed by atoms with Gasteiger partial charge in [-0.2, -0.15) is 4.99 Å². The lowest BCUT2D eigenvalue weighted by Gasteiger charge is -2.11. The fraction of sp³-hybridized carbons (Fsp3) is 0.200. The molecule has 0 atom stereocenters. The summed E-state index contributed by atoms with van der Waals surface area (Å²) in [5.41, 5.74) is 2.10. The number of nitrogens with one attached hydrogen (secondary N) is 1. The third-order valence-corrected chi connectivity index (χ3v) is 5.64. The summed E-state index contributed by atoms with van der Waals surface area (Å²) in [6, 6.07) is 9.56. The number of thiophene rings is 1. The standard InChI is InChI=1S/C20H18N4O2S2/c1-12(2)26-16-7-8-21-15-6-5-13(23-18(15)16)10-17-19(25)24-20(28-17)22-11-14-4-3-9-27-14/h3-10,12H,11H2,1-2H3,(H,22,24,25). The van der Waals surface area contributed by atoms with Crippen molar-refractivity contribution in [3.63, 3.8) is 0 Å². The van der Waals surface area contributed by atoms with Crippen molar-refractivity contribution in [2.75, 3.05) is 0 Å². The SMILES string of the molecule is CC(C)Oc1ccnc2ccc(C=C3SC(NCc4cccs4)=NC3=O)nc12. The molecule has 4 rings (SSSR count). The normalized spacial score (nSPS) is 15.5. The lowest BCUT2D eigenvalue weighted by Crippen LogP contribution is -2.17. The first-order chi connectivity index (χ1) is 13.6. The number of fused-ring (bicyclic) bond motifs is 1. The molecule has 4 heterocycles. The molecule has 0 bridgehead atoms. The number of aromatic nitrogens is 2. The van der Waals surface area contributed by atoms with Gasteiger partial charge in [-0.15, -0.1) is 11.3 Å². The van der Waals surface area contributed by atoms with E-state index in [1.165, 1.54) is 16.6 Å². The van der Waals surface area contributed by atoms with Gasteiger partial charge in [0.1, 0.15) is 11.3 Å². The quantitative estimate of drug-likeness (QED) is 0.634. The second-order valence-corrected chi connectivity index (χ2v) is 8.41. The number of amides is 1. The van der Waals surface area contributed by atoms with Crippen LogP contribution < -0.4 is 10.1 Å². The molecule has 28 heavy (non-hydrogen) atoms. The molecule has 1 aliphatic rings. The van der Waals surface area contributed by atoms with Gasteiger partial charge in [-0.3, -0.25) is 9.78 Å². The third kappa shape index (κ3) is 4.23. The zero-order valence-corrected chi connectivity index (χ0v) is 17.0. The van der Waals surface area contributed by atoms with Crippen LogP contribution in [0.4, 0.5) is 0 Å². The van der Waals surface area contributed by atoms with E-state index in [4.69, 9.17) is 4.74 Å². The summed E-state index contributed by atoms with van der Waals surface area (Å²) >= 11 is 2.99. The third-order valence-electron chi connectivity index (χ3n) is 3.82. The van der Waals surface area contributed by atoms with Gasteiger partial charge in [0.05, 0.1) is 28.8 Å². The van der Waals surface area contributed by atoms with Crippen LogP contribution in [0.3, 0.4) is 0 Å². The number of hydrogen-bond donors (Lipinski definition) is 1. The minimum atomic E-state index is -0.259. The van der Waals surface area contributed by atoms with Gasteiger partial charge < -0.3 is 10.1 Å². The highest BCUT2D eigenvalue weighted by atomic mass is 32.2. The molecule has 1 aliphatic heterocycles. The monoisotopic (exact) mass is 410 g/mol. The minimum Gasteiger partial charge on any atom is -0.489 e. The highest BCUT2D eigenvalue weighted by Gasteiger charge is 2.22. The van der Waals surface area contributed by atoms with Crippen molar-refractivity contribution in [2.45, 2.75) is 26.5 Å². The fourth-order valence-corrected chi connectivity index (χ4v) is 4.08. The van der Waals surface area contributed by atoms with Crippen molar-refractivity contribution in [3.05, 3.63) is 57.4 Å². The maximum absolute atomic E-state index is 12.2. The molecule has 3 aromatic heterocycles. The Morgan fingerprint density at radius 1 is 1.25 bits per heavy atom. The molecule has 0 fully saturated rings. The van der Waals surface area contributed by atoms with Crippen LogP contribution in [0.25, 0.3) is 17.1 Å². The Balaban J connectivity index is 1.53. The molecule has 0 aliphatic carbocycles. The van der Waals surface area contributed by atoms with Gasteiger partial charge in [-0.05, 0) is 55.3 Å². The Kier molecular flexibility index (Phi) is 5.40. The van der Waals surface area contributed by atoms with Gasteiger partial charge in [-0.1, -0.05) is 6.07 Å². The van der Waals surface area contributed by atoms with Crippen molar-refractivity contribution in [1.82, 2.24) is 15.3 Å². The van der Waals surface area contributed by atoms with Crippen molar-refractivity contribution < 1.29 is 9.53 Å². The topological polar surface area (TPSA) is 76.5 Å². The molecular weight excluding hydrogens is 392 g/mol. The molecular formula is C20H18N4O2S2. The van der Waals surface area contributed by atoms with Gasteiger partial charge in [-0.25, -0.2) is 4.98 Å². The van der Waals surface area contributed by atoms with E-state index in [0.29, 0.717) is 33.6 Å². The molecule has 3 aromatic rings. The summed E-state index contributed by atoms with van der Waals surface area (Å²) in [7, 11) is 0. The molecule has 142 valence electrons. The summed E-state index contributed by atoms with van der Waals surface area (Å²) in [4.78, 5) is 27.0. The van der Waals surface area contributed by atoms with E-state index < -0.39 is 0 Å². The minimum absolute atomic E-state index is 0.0340. The molecule has 1 N–H and O–H groups in total. The Morgan fingerprint density at radius 2 is 2.14 bits per heavy atom. The van der Waals surface area contributed by atoms with Gasteiger partial charge in [0.25, 0.3) is 5.91 Å². The lowest BCUT2D eigenvalue weighted by atomic mass is 10.2. The van der Waals surface area contributed by atoms with E-state index in [1.807, 2.05) is 43.5 Å². The molecule has 0 unspecified atom stereocenters. The van der Waals surface area contributed by atoms with Crippen molar-refractivity contribution in [1.29, 1.82) is 0 Å². The Hall–Kier alpha value is -2.71. The number of hydrogen-bond acceptors (Lipinski definition) is 7. The maximum Gasteiger partial charge on any atom is 0.286 e. The number of carbonyl (C=O) groups excluding carboxylic acids is 1. The lowest BCUT2D eigenvalue weighted by molar-refractivity contribution is -0.113. The number of thioether (sulfide) groups is 1. The number of pyridine rings is 2. The molecule has 0 spiro atoms. The first-order valence-corrected chi connectivity index (χ1v) is 10.5. The fourth-order valence-electron chi connectivity index (χ4n) is 2.64. The van der Waals surface area contributed by atoms with Gasteiger partial charge in [0.15, 0.2) is 5.17 Å². The van der Waals surface area contributed by atoms with Gasteiger partial charge in [0.2, 0.25) is 0 Å². The van der Waals surface area contributed by atoms with Gasteiger partial charge >= 0.3 is 0 Å². The van der Waals surface area contributed by atoms with Crippen LogP contribution in [0.2, 0.25) is 0 Å². The summed E-state index contributed by atoms with van der Waals surface area (Å²) in [5.74, 6) is 0.422.